The van der Waals surface area contributed by atoms with Gasteiger partial charge in [0.05, 0.1) is 6.20 Å². The van der Waals surface area contributed by atoms with Crippen molar-refractivity contribution in [3.05, 3.63) is 54.7 Å². The first-order valence-electron chi connectivity index (χ1n) is 13.1. The van der Waals surface area contributed by atoms with Crippen molar-refractivity contribution in [2.24, 2.45) is 0 Å². The number of phenols is 1. The number of rotatable bonds is 7. The summed E-state index contributed by atoms with van der Waals surface area (Å²) in [4.78, 5) is 6.75. The van der Waals surface area contributed by atoms with Gasteiger partial charge in [-0.25, -0.2) is 4.98 Å². The van der Waals surface area contributed by atoms with Crippen LogP contribution >= 0.6 is 0 Å². The minimum atomic E-state index is -4.73. The van der Waals surface area contributed by atoms with Crippen LogP contribution in [0.15, 0.2) is 59.1 Å². The fourth-order valence-corrected chi connectivity index (χ4v) is 5.62. The third-order valence-corrected chi connectivity index (χ3v) is 7.40. The molecule has 2 fully saturated rings. The lowest BCUT2D eigenvalue weighted by molar-refractivity contribution is -0.274. The Kier molecular flexibility index (Phi) is 7.43. The fourth-order valence-electron chi connectivity index (χ4n) is 5.62. The maximum Gasteiger partial charge on any atom is 0.573 e. The first-order valence-corrected chi connectivity index (χ1v) is 13.1. The van der Waals surface area contributed by atoms with Crippen LogP contribution in [-0.4, -0.2) is 47.2 Å². The summed E-state index contributed by atoms with van der Waals surface area (Å²) in [5.41, 5.74) is 1.65. The molecule has 0 spiro atoms. The van der Waals surface area contributed by atoms with E-state index in [9.17, 15) is 18.3 Å². The van der Waals surface area contributed by atoms with E-state index in [-0.39, 0.29) is 29.1 Å². The first kappa shape index (κ1) is 26.2. The summed E-state index contributed by atoms with van der Waals surface area (Å²) in [6.45, 7) is 4.13. The zero-order valence-electron chi connectivity index (χ0n) is 21.3. The van der Waals surface area contributed by atoms with E-state index in [0.29, 0.717) is 17.3 Å². The number of oxazole rings is 1. The summed E-state index contributed by atoms with van der Waals surface area (Å²) >= 11 is 0. The van der Waals surface area contributed by atoms with Gasteiger partial charge in [-0.05, 0) is 81.1 Å². The second-order valence-corrected chi connectivity index (χ2v) is 10.5. The zero-order chi connectivity index (χ0) is 26.8. The van der Waals surface area contributed by atoms with Crippen molar-refractivity contribution >= 4 is 11.7 Å². The van der Waals surface area contributed by atoms with Crippen LogP contribution in [0.25, 0.3) is 11.3 Å². The molecule has 3 atom stereocenters. The lowest BCUT2D eigenvalue weighted by Crippen LogP contribution is -2.61. The molecule has 2 heterocycles. The van der Waals surface area contributed by atoms with Gasteiger partial charge in [0.25, 0.3) is 6.01 Å². The van der Waals surface area contributed by atoms with Crippen LogP contribution in [-0.2, 0) is 0 Å². The van der Waals surface area contributed by atoms with Crippen molar-refractivity contribution in [1.82, 2.24) is 10.3 Å². The highest BCUT2D eigenvalue weighted by molar-refractivity contribution is 5.58. The molecule has 5 rings (SSSR count). The summed E-state index contributed by atoms with van der Waals surface area (Å²) in [6.07, 6.45) is 3.28. The molecule has 1 saturated heterocycles. The molecule has 7 nitrogen and oxygen atoms in total. The van der Waals surface area contributed by atoms with Gasteiger partial charge in [0.1, 0.15) is 11.5 Å². The van der Waals surface area contributed by atoms with E-state index in [4.69, 9.17) is 4.42 Å². The predicted octanol–water partition coefficient (Wildman–Crippen LogP) is 6.32. The van der Waals surface area contributed by atoms with E-state index < -0.39 is 6.36 Å². The molecule has 0 amide bonds. The highest BCUT2D eigenvalue weighted by Crippen LogP contribution is 2.32. The Labute approximate surface area is 220 Å². The van der Waals surface area contributed by atoms with Gasteiger partial charge in [0.15, 0.2) is 5.76 Å². The van der Waals surface area contributed by atoms with Crippen LogP contribution in [0, 0.1) is 0 Å². The van der Waals surface area contributed by atoms with E-state index in [1.165, 1.54) is 24.3 Å². The van der Waals surface area contributed by atoms with Crippen LogP contribution in [0.1, 0.15) is 45.4 Å². The van der Waals surface area contributed by atoms with Crippen molar-refractivity contribution in [2.75, 3.05) is 23.3 Å². The Morgan fingerprint density at radius 3 is 2.45 bits per heavy atom. The molecule has 1 aliphatic heterocycles. The zero-order valence-corrected chi connectivity index (χ0v) is 21.3. The largest absolute Gasteiger partial charge is 0.573 e. The SMILES string of the molecule is C[C@]1(N[C@@H]2CCCC[C@H]2Nc2ncc(-c3ccc(OC(F)(F)F)cc3)o2)CCCN(c2ccc(O)cc2)C1. The lowest BCUT2D eigenvalue weighted by Gasteiger charge is -2.46. The van der Waals surface area contributed by atoms with Gasteiger partial charge >= 0.3 is 6.36 Å². The monoisotopic (exact) mass is 530 g/mol. The van der Waals surface area contributed by atoms with E-state index in [2.05, 4.69) is 32.2 Å². The smallest absolute Gasteiger partial charge is 0.508 e. The summed E-state index contributed by atoms with van der Waals surface area (Å²) in [5, 5.41) is 17.1. The number of aromatic nitrogens is 1. The topological polar surface area (TPSA) is 82.8 Å². The molecule has 1 aliphatic carbocycles. The molecule has 1 aromatic heterocycles. The van der Waals surface area contributed by atoms with Crippen molar-refractivity contribution in [1.29, 1.82) is 0 Å². The van der Waals surface area contributed by atoms with Gasteiger partial charge in [-0.3, -0.25) is 0 Å². The molecule has 0 unspecified atom stereocenters. The Morgan fingerprint density at radius 1 is 1.03 bits per heavy atom. The van der Waals surface area contributed by atoms with Crippen molar-refractivity contribution < 1.29 is 27.4 Å². The number of hydrogen-bond donors (Lipinski definition) is 3. The minimum absolute atomic E-state index is 0.0694. The van der Waals surface area contributed by atoms with Crippen LogP contribution in [0.2, 0.25) is 0 Å². The van der Waals surface area contributed by atoms with Crippen molar-refractivity contribution in [2.45, 2.75) is 69.4 Å². The number of hydrogen-bond acceptors (Lipinski definition) is 7. The Balaban J connectivity index is 1.23. The Bertz CT molecular complexity index is 1200. The number of piperidine rings is 1. The molecule has 2 aromatic carbocycles. The molecule has 2 aliphatic rings. The van der Waals surface area contributed by atoms with Crippen molar-refractivity contribution in [3.63, 3.8) is 0 Å². The van der Waals surface area contributed by atoms with Gasteiger partial charge in [-0.15, -0.1) is 13.2 Å². The third kappa shape index (κ3) is 6.53. The van der Waals surface area contributed by atoms with Gasteiger partial charge in [0.2, 0.25) is 0 Å². The number of aromatic hydroxyl groups is 1. The van der Waals surface area contributed by atoms with Crippen LogP contribution < -0.4 is 20.3 Å². The van der Waals surface area contributed by atoms with E-state index in [0.717, 1.165) is 57.3 Å². The number of benzene rings is 2. The number of ether oxygens (including phenoxy) is 1. The maximum atomic E-state index is 12.4. The van der Waals surface area contributed by atoms with Crippen molar-refractivity contribution in [3.8, 4) is 22.8 Å². The molecule has 3 aromatic rings. The third-order valence-electron chi connectivity index (χ3n) is 7.40. The highest BCUT2D eigenvalue weighted by Gasteiger charge is 2.36. The number of halogens is 3. The number of nitrogens with one attached hydrogen (secondary N) is 2. The first-order chi connectivity index (χ1) is 18.2. The minimum Gasteiger partial charge on any atom is -0.508 e. The Morgan fingerprint density at radius 2 is 1.74 bits per heavy atom. The van der Waals surface area contributed by atoms with E-state index in [1.54, 1.807) is 18.3 Å². The summed E-state index contributed by atoms with van der Waals surface area (Å²) in [7, 11) is 0. The fraction of sp³-hybridized carbons (Fsp3) is 0.464. The van der Waals surface area contributed by atoms with Gasteiger partial charge in [-0.1, -0.05) is 12.8 Å². The predicted molar refractivity (Wildman–Crippen MR) is 139 cm³/mol. The lowest BCUT2D eigenvalue weighted by atomic mass is 9.84. The Hall–Kier alpha value is -3.40. The average Bonchev–Trinajstić information content (AvgIpc) is 3.33. The van der Waals surface area contributed by atoms with Crippen LogP contribution in [0.3, 0.4) is 0 Å². The summed E-state index contributed by atoms with van der Waals surface area (Å²) < 4.78 is 47.1. The molecule has 10 heteroatoms. The second kappa shape index (κ2) is 10.8. The number of anilines is 2. The molecule has 204 valence electrons. The number of nitrogens with zero attached hydrogens (tertiary/aromatic N) is 2. The molecular weight excluding hydrogens is 497 g/mol. The molecule has 1 saturated carbocycles. The van der Waals surface area contributed by atoms with Gasteiger partial charge in [0, 0.05) is 42.0 Å². The van der Waals surface area contributed by atoms with Gasteiger partial charge in [-0.2, -0.15) is 0 Å². The molecular formula is C28H33F3N4O3. The van der Waals surface area contributed by atoms with Crippen LogP contribution in [0.4, 0.5) is 24.9 Å². The van der Waals surface area contributed by atoms with Crippen LogP contribution in [0.5, 0.6) is 11.5 Å². The molecule has 38 heavy (non-hydrogen) atoms. The second-order valence-electron chi connectivity index (χ2n) is 10.5. The summed E-state index contributed by atoms with van der Waals surface area (Å²) in [5.74, 6) is 0.454. The molecule has 3 N–H and O–H groups in total. The number of alkyl halides is 3. The highest BCUT2D eigenvalue weighted by atomic mass is 19.4. The maximum absolute atomic E-state index is 12.4. The summed E-state index contributed by atoms with van der Waals surface area (Å²) in [6, 6.07) is 13.7. The van der Waals surface area contributed by atoms with E-state index >= 15 is 0 Å². The quantitative estimate of drug-likeness (QED) is 0.330. The molecule has 0 radical (unpaired) electrons. The number of phenolic OH excluding ortho intramolecular Hbond substituents is 1. The standard InChI is InChI=1S/C28H33F3N4O3/c1-27(15-4-16-35(18-27)20-9-11-21(36)12-10-20)34-24-6-3-2-5-23(24)33-26-32-17-25(37-26)19-7-13-22(14-8-19)38-28(29,30)31/h7-14,17,23-24,34,36H,2-6,15-16,18H2,1H3,(H,32,33)/t23-,24-,27+/m1/s1. The molecule has 0 bridgehead atoms. The average molecular weight is 531 g/mol. The van der Waals surface area contributed by atoms with Gasteiger partial charge < -0.3 is 29.8 Å². The van der Waals surface area contributed by atoms with E-state index in [1.807, 2.05) is 12.1 Å². The normalized spacial score (nSPS) is 24.3.